The molecule has 0 radical (unpaired) electrons. The van der Waals surface area contributed by atoms with Gasteiger partial charge in [-0.15, -0.1) is 0 Å². The second kappa shape index (κ2) is 4.27. The summed E-state index contributed by atoms with van der Waals surface area (Å²) >= 11 is 0. The van der Waals surface area contributed by atoms with Crippen molar-refractivity contribution < 1.29 is 19.1 Å². The molecule has 18 heavy (non-hydrogen) atoms. The van der Waals surface area contributed by atoms with Crippen molar-refractivity contribution in [1.82, 2.24) is 0 Å². The molecule has 0 aromatic heterocycles. The Labute approximate surface area is 104 Å². The molecule has 2 amide bonds. The summed E-state index contributed by atoms with van der Waals surface area (Å²) in [6, 6.07) is 6.87. The molecule has 0 atom stereocenters. The standard InChI is InChI=1S/C13H11NO4/c15-12-5-6-13(16)14(12)9-1-3-10(4-2-9)18-11-7-17-8-11/h1-6,11H,7-8H2. The Balaban J connectivity index is 1.74. The first-order valence-electron chi connectivity index (χ1n) is 5.64. The quantitative estimate of drug-likeness (QED) is 0.742. The number of rotatable bonds is 3. The summed E-state index contributed by atoms with van der Waals surface area (Å²) in [5, 5.41) is 0. The molecule has 0 unspecified atom stereocenters. The number of anilines is 1. The van der Waals surface area contributed by atoms with E-state index in [-0.39, 0.29) is 17.9 Å². The molecule has 0 bridgehead atoms. The Hall–Kier alpha value is -2.14. The lowest BCUT2D eigenvalue weighted by atomic mass is 10.2. The predicted molar refractivity (Wildman–Crippen MR) is 63.3 cm³/mol. The predicted octanol–water partition coefficient (Wildman–Crippen LogP) is 0.894. The van der Waals surface area contributed by atoms with Gasteiger partial charge < -0.3 is 9.47 Å². The van der Waals surface area contributed by atoms with E-state index >= 15 is 0 Å². The number of nitrogens with zero attached hydrogens (tertiary/aromatic N) is 1. The smallest absolute Gasteiger partial charge is 0.258 e. The largest absolute Gasteiger partial charge is 0.486 e. The van der Waals surface area contributed by atoms with E-state index in [0.717, 1.165) is 4.90 Å². The van der Waals surface area contributed by atoms with E-state index in [1.807, 2.05) is 0 Å². The van der Waals surface area contributed by atoms with Crippen LogP contribution in [0.2, 0.25) is 0 Å². The van der Waals surface area contributed by atoms with Crippen molar-refractivity contribution in [3.63, 3.8) is 0 Å². The second-order valence-electron chi connectivity index (χ2n) is 4.12. The minimum atomic E-state index is -0.318. The van der Waals surface area contributed by atoms with Crippen LogP contribution in [-0.4, -0.2) is 31.1 Å². The molecule has 1 saturated heterocycles. The third kappa shape index (κ3) is 1.89. The summed E-state index contributed by atoms with van der Waals surface area (Å²) in [6.45, 7) is 1.21. The first kappa shape index (κ1) is 11.0. The van der Waals surface area contributed by atoms with Crippen molar-refractivity contribution >= 4 is 17.5 Å². The minimum Gasteiger partial charge on any atom is -0.486 e. The maximum atomic E-state index is 11.5. The van der Waals surface area contributed by atoms with Crippen LogP contribution in [0, 0.1) is 0 Å². The maximum absolute atomic E-state index is 11.5. The van der Waals surface area contributed by atoms with Gasteiger partial charge in [0.25, 0.3) is 11.8 Å². The summed E-state index contributed by atoms with van der Waals surface area (Å²) in [4.78, 5) is 24.1. The van der Waals surface area contributed by atoms with E-state index in [1.165, 1.54) is 12.2 Å². The van der Waals surface area contributed by atoms with Gasteiger partial charge in [-0.1, -0.05) is 0 Å². The fourth-order valence-electron chi connectivity index (χ4n) is 1.80. The van der Waals surface area contributed by atoms with E-state index < -0.39 is 0 Å². The molecule has 0 N–H and O–H groups in total. The molecule has 0 saturated carbocycles. The lowest BCUT2D eigenvalue weighted by Gasteiger charge is -2.26. The second-order valence-corrected chi connectivity index (χ2v) is 4.12. The molecule has 2 aliphatic heterocycles. The summed E-state index contributed by atoms with van der Waals surface area (Å²) in [5.74, 6) is 0.0706. The van der Waals surface area contributed by atoms with Crippen LogP contribution in [0.1, 0.15) is 0 Å². The Morgan fingerprint density at radius 1 is 1.06 bits per heavy atom. The average molecular weight is 245 g/mol. The first-order chi connectivity index (χ1) is 8.74. The van der Waals surface area contributed by atoms with E-state index in [2.05, 4.69) is 0 Å². The fraction of sp³-hybridized carbons (Fsp3) is 0.231. The SMILES string of the molecule is O=C1C=CC(=O)N1c1ccc(OC2COC2)cc1. The van der Waals surface area contributed by atoms with Crippen LogP contribution in [0.3, 0.4) is 0 Å². The zero-order valence-corrected chi connectivity index (χ0v) is 9.54. The van der Waals surface area contributed by atoms with Gasteiger partial charge >= 0.3 is 0 Å². The number of ether oxygens (including phenoxy) is 2. The molecule has 2 heterocycles. The fourth-order valence-corrected chi connectivity index (χ4v) is 1.80. The van der Waals surface area contributed by atoms with Crippen molar-refractivity contribution in [3.05, 3.63) is 36.4 Å². The van der Waals surface area contributed by atoms with Crippen LogP contribution in [0.15, 0.2) is 36.4 Å². The van der Waals surface area contributed by atoms with E-state index in [1.54, 1.807) is 24.3 Å². The van der Waals surface area contributed by atoms with Crippen molar-refractivity contribution in [3.8, 4) is 5.75 Å². The third-order valence-electron chi connectivity index (χ3n) is 2.81. The molecule has 1 aromatic carbocycles. The number of carbonyl (C=O) groups is 2. The zero-order chi connectivity index (χ0) is 12.5. The zero-order valence-electron chi connectivity index (χ0n) is 9.54. The number of imide groups is 1. The van der Waals surface area contributed by atoms with E-state index in [9.17, 15) is 9.59 Å². The Morgan fingerprint density at radius 3 is 2.17 bits per heavy atom. The number of hydrogen-bond donors (Lipinski definition) is 0. The summed E-state index contributed by atoms with van der Waals surface area (Å²) in [7, 11) is 0. The van der Waals surface area contributed by atoms with E-state index in [4.69, 9.17) is 9.47 Å². The van der Waals surface area contributed by atoms with Gasteiger partial charge in [-0.3, -0.25) is 9.59 Å². The van der Waals surface area contributed by atoms with Crippen molar-refractivity contribution in [1.29, 1.82) is 0 Å². The van der Waals surface area contributed by atoms with Crippen LogP contribution in [0.25, 0.3) is 0 Å². The van der Waals surface area contributed by atoms with E-state index in [0.29, 0.717) is 24.7 Å². The molecule has 5 heteroatoms. The van der Waals surface area contributed by atoms with Gasteiger partial charge in [-0.25, -0.2) is 4.90 Å². The van der Waals surface area contributed by atoms with Gasteiger partial charge in [0, 0.05) is 12.2 Å². The maximum Gasteiger partial charge on any atom is 0.258 e. The Kier molecular flexibility index (Phi) is 2.60. The molecular formula is C13H11NO4. The Bertz CT molecular complexity index is 498. The van der Waals surface area contributed by atoms with Crippen LogP contribution < -0.4 is 9.64 Å². The molecular weight excluding hydrogens is 234 g/mol. The normalized spacial score (nSPS) is 19.2. The first-order valence-corrected chi connectivity index (χ1v) is 5.64. The number of carbonyl (C=O) groups excluding carboxylic acids is 2. The highest BCUT2D eigenvalue weighted by Crippen LogP contribution is 2.23. The molecule has 5 nitrogen and oxygen atoms in total. The third-order valence-corrected chi connectivity index (χ3v) is 2.81. The van der Waals surface area contributed by atoms with Gasteiger partial charge in [-0.05, 0) is 24.3 Å². The molecule has 1 aromatic rings. The van der Waals surface area contributed by atoms with Crippen LogP contribution in [0.4, 0.5) is 5.69 Å². The lowest BCUT2D eigenvalue weighted by molar-refractivity contribution is -0.119. The summed E-state index contributed by atoms with van der Waals surface area (Å²) < 4.78 is 10.6. The molecule has 2 aliphatic rings. The van der Waals surface area contributed by atoms with Gasteiger partial charge in [0.2, 0.25) is 0 Å². The van der Waals surface area contributed by atoms with Gasteiger partial charge in [0.05, 0.1) is 18.9 Å². The minimum absolute atomic E-state index is 0.104. The van der Waals surface area contributed by atoms with Crippen LogP contribution >= 0.6 is 0 Å². The molecule has 1 fully saturated rings. The van der Waals surface area contributed by atoms with Gasteiger partial charge in [0.15, 0.2) is 0 Å². The highest BCUT2D eigenvalue weighted by Gasteiger charge is 2.25. The topological polar surface area (TPSA) is 55.8 Å². The average Bonchev–Trinajstić information content (AvgIpc) is 2.65. The molecule has 3 rings (SSSR count). The Morgan fingerprint density at radius 2 is 1.67 bits per heavy atom. The molecule has 0 spiro atoms. The molecule has 92 valence electrons. The summed E-state index contributed by atoms with van der Waals surface area (Å²) in [5.41, 5.74) is 0.548. The number of amides is 2. The summed E-state index contributed by atoms with van der Waals surface area (Å²) in [6.07, 6.45) is 2.63. The number of benzene rings is 1. The van der Waals surface area contributed by atoms with Gasteiger partial charge in [-0.2, -0.15) is 0 Å². The van der Waals surface area contributed by atoms with Crippen molar-refractivity contribution in [2.24, 2.45) is 0 Å². The highest BCUT2D eigenvalue weighted by molar-refractivity contribution is 6.28. The van der Waals surface area contributed by atoms with Crippen molar-refractivity contribution in [2.45, 2.75) is 6.10 Å². The lowest BCUT2D eigenvalue weighted by Crippen LogP contribution is -2.38. The monoisotopic (exact) mass is 245 g/mol. The molecule has 0 aliphatic carbocycles. The van der Waals surface area contributed by atoms with Crippen molar-refractivity contribution in [2.75, 3.05) is 18.1 Å². The van der Waals surface area contributed by atoms with Crippen LogP contribution in [-0.2, 0) is 14.3 Å². The number of hydrogen-bond acceptors (Lipinski definition) is 4. The highest BCUT2D eigenvalue weighted by atomic mass is 16.6. The van der Waals surface area contributed by atoms with Crippen LogP contribution in [0.5, 0.6) is 5.75 Å². The van der Waals surface area contributed by atoms with Gasteiger partial charge in [0.1, 0.15) is 11.9 Å².